The second-order valence-electron chi connectivity index (χ2n) is 3.20. The van der Waals surface area contributed by atoms with Crippen LogP contribution >= 0.6 is 0 Å². The number of benzene rings is 1. The zero-order valence-electron chi connectivity index (χ0n) is 9.15. The number of nitrogen functional groups attached to an aromatic ring is 1. The van der Waals surface area contributed by atoms with Crippen LogP contribution in [0.1, 0.15) is 0 Å². The lowest BCUT2D eigenvalue weighted by atomic mass is 10.1. The van der Waals surface area contributed by atoms with Gasteiger partial charge in [-0.15, -0.1) is 0 Å². The molecule has 0 saturated heterocycles. The first kappa shape index (κ1) is 10.5. The molecule has 0 radical (unpaired) electrons. The summed E-state index contributed by atoms with van der Waals surface area (Å²) in [4.78, 5) is 4.27. The minimum Gasteiger partial charge on any atom is -0.496 e. The van der Waals surface area contributed by atoms with Crippen LogP contribution in [0.2, 0.25) is 0 Å². The molecule has 0 aliphatic rings. The topological polar surface area (TPSA) is 69.4 Å². The normalized spacial score (nSPS) is 10.2. The van der Waals surface area contributed by atoms with E-state index >= 15 is 0 Å². The van der Waals surface area contributed by atoms with Crippen molar-refractivity contribution in [3.8, 4) is 11.5 Å². The van der Waals surface area contributed by atoms with Crippen molar-refractivity contribution in [3.63, 3.8) is 0 Å². The van der Waals surface area contributed by atoms with Crippen LogP contribution in [-0.2, 0) is 0 Å². The number of pyridine rings is 1. The Bertz CT molecular complexity index is 504. The highest BCUT2D eigenvalue weighted by molar-refractivity contribution is 5.99. The maximum Gasteiger partial charge on any atom is 0.145 e. The molecule has 0 amide bonds. The Kier molecular flexibility index (Phi) is 2.78. The van der Waals surface area contributed by atoms with E-state index in [1.165, 1.54) is 0 Å². The minimum atomic E-state index is 0.688. The highest BCUT2D eigenvalue weighted by atomic mass is 16.5. The van der Waals surface area contributed by atoms with Gasteiger partial charge < -0.3 is 14.9 Å². The molecule has 0 aliphatic heterocycles. The van der Waals surface area contributed by atoms with Gasteiger partial charge in [-0.25, -0.2) is 0 Å². The molecule has 0 unspecified atom stereocenters. The van der Waals surface area contributed by atoms with E-state index in [0.29, 0.717) is 11.5 Å². The molecule has 2 rings (SSSR count). The van der Waals surface area contributed by atoms with Crippen molar-refractivity contribution in [2.24, 2.45) is 5.84 Å². The molecule has 0 bridgehead atoms. The average molecular weight is 219 g/mol. The predicted octanol–water partition coefficient (Wildman–Crippen LogP) is 1.54. The monoisotopic (exact) mass is 219 g/mol. The van der Waals surface area contributed by atoms with E-state index < -0.39 is 0 Å². The van der Waals surface area contributed by atoms with Gasteiger partial charge in [-0.05, 0) is 18.2 Å². The number of methoxy groups -OCH3 is 2. The first-order chi connectivity index (χ1) is 7.81. The smallest absolute Gasteiger partial charge is 0.145 e. The Labute approximate surface area is 93.1 Å². The molecule has 3 N–H and O–H groups in total. The van der Waals surface area contributed by atoms with Gasteiger partial charge in [0.15, 0.2) is 0 Å². The van der Waals surface area contributed by atoms with Crippen molar-refractivity contribution in [2.45, 2.75) is 0 Å². The molecule has 5 heteroatoms. The van der Waals surface area contributed by atoms with Gasteiger partial charge in [0.1, 0.15) is 17.0 Å². The molecule has 1 aromatic carbocycles. The maximum absolute atomic E-state index is 5.46. The van der Waals surface area contributed by atoms with Gasteiger partial charge in [-0.2, -0.15) is 0 Å². The predicted molar refractivity (Wildman–Crippen MR) is 62.7 cm³/mol. The summed E-state index contributed by atoms with van der Waals surface area (Å²) in [6.45, 7) is 0. The number of fused-ring (bicyclic) bond motifs is 1. The Morgan fingerprint density at radius 1 is 1.12 bits per heavy atom. The van der Waals surface area contributed by atoms with Crippen LogP contribution in [0.15, 0.2) is 24.4 Å². The molecule has 1 heterocycles. The maximum atomic E-state index is 5.46. The van der Waals surface area contributed by atoms with Crippen molar-refractivity contribution < 1.29 is 9.47 Å². The molecule has 0 saturated carbocycles. The van der Waals surface area contributed by atoms with E-state index in [2.05, 4.69) is 10.4 Å². The van der Waals surface area contributed by atoms with Gasteiger partial charge >= 0.3 is 0 Å². The van der Waals surface area contributed by atoms with Gasteiger partial charge in [0, 0.05) is 6.20 Å². The molecule has 84 valence electrons. The number of nitrogens with one attached hydrogen (secondary N) is 1. The third kappa shape index (κ3) is 1.51. The lowest BCUT2D eigenvalue weighted by Crippen LogP contribution is -2.08. The van der Waals surface area contributed by atoms with E-state index in [-0.39, 0.29) is 0 Å². The number of nitrogens with two attached hydrogens (primary N) is 1. The largest absolute Gasteiger partial charge is 0.496 e. The molecule has 0 fully saturated rings. The van der Waals surface area contributed by atoms with Crippen LogP contribution in [-0.4, -0.2) is 19.2 Å². The molecule has 0 spiro atoms. The second kappa shape index (κ2) is 4.24. The Morgan fingerprint density at radius 3 is 2.44 bits per heavy atom. The van der Waals surface area contributed by atoms with Crippen LogP contribution in [0.3, 0.4) is 0 Å². The first-order valence-corrected chi connectivity index (χ1v) is 4.78. The van der Waals surface area contributed by atoms with E-state index in [1.54, 1.807) is 26.5 Å². The quantitative estimate of drug-likeness (QED) is 0.605. The Morgan fingerprint density at radius 2 is 1.81 bits per heavy atom. The van der Waals surface area contributed by atoms with E-state index in [0.717, 1.165) is 16.6 Å². The molecule has 5 nitrogen and oxygen atoms in total. The molecule has 0 atom stereocenters. The van der Waals surface area contributed by atoms with Gasteiger partial charge in [-0.3, -0.25) is 10.8 Å². The van der Waals surface area contributed by atoms with E-state index in [4.69, 9.17) is 15.3 Å². The lowest BCUT2D eigenvalue weighted by Gasteiger charge is -2.11. The summed E-state index contributed by atoms with van der Waals surface area (Å²) in [5.41, 5.74) is 4.09. The number of anilines is 1. The molecular formula is C11H13N3O2. The Balaban J connectivity index is 2.84. The fourth-order valence-corrected chi connectivity index (χ4v) is 1.67. The summed E-state index contributed by atoms with van der Waals surface area (Å²) in [6.07, 6.45) is 1.67. The van der Waals surface area contributed by atoms with Gasteiger partial charge in [-0.1, -0.05) is 0 Å². The van der Waals surface area contributed by atoms with Crippen molar-refractivity contribution in [2.75, 3.05) is 19.6 Å². The summed E-state index contributed by atoms with van der Waals surface area (Å²) < 4.78 is 10.5. The minimum absolute atomic E-state index is 0.688. The number of hydrogen-bond acceptors (Lipinski definition) is 5. The van der Waals surface area contributed by atoms with Crippen LogP contribution in [0.5, 0.6) is 11.5 Å². The van der Waals surface area contributed by atoms with Crippen molar-refractivity contribution in [1.29, 1.82) is 0 Å². The third-order valence-corrected chi connectivity index (χ3v) is 2.41. The highest BCUT2D eigenvalue weighted by Gasteiger charge is 2.11. The first-order valence-electron chi connectivity index (χ1n) is 4.78. The molecule has 1 aromatic heterocycles. The van der Waals surface area contributed by atoms with Crippen molar-refractivity contribution >= 4 is 16.6 Å². The van der Waals surface area contributed by atoms with E-state index in [1.807, 2.05) is 12.1 Å². The summed E-state index contributed by atoms with van der Waals surface area (Å²) in [5.74, 6) is 6.85. The Hall–Kier alpha value is -2.01. The van der Waals surface area contributed by atoms with Gasteiger partial charge in [0.25, 0.3) is 0 Å². The molecule has 2 aromatic rings. The number of hydrogen-bond donors (Lipinski definition) is 2. The zero-order chi connectivity index (χ0) is 11.5. The van der Waals surface area contributed by atoms with Crippen LogP contribution in [0.4, 0.5) is 5.69 Å². The van der Waals surface area contributed by atoms with Crippen molar-refractivity contribution in [1.82, 2.24) is 4.98 Å². The van der Waals surface area contributed by atoms with Gasteiger partial charge in [0.05, 0.1) is 25.3 Å². The summed E-state index contributed by atoms with van der Waals surface area (Å²) >= 11 is 0. The average Bonchev–Trinajstić information content (AvgIpc) is 2.36. The number of hydrazine groups is 1. The van der Waals surface area contributed by atoms with Gasteiger partial charge in [0.2, 0.25) is 0 Å². The summed E-state index contributed by atoms with van der Waals surface area (Å²) in [6, 6.07) is 5.42. The van der Waals surface area contributed by atoms with Crippen molar-refractivity contribution in [3.05, 3.63) is 24.4 Å². The fourth-order valence-electron chi connectivity index (χ4n) is 1.67. The van der Waals surface area contributed by atoms with E-state index in [9.17, 15) is 0 Å². The number of rotatable bonds is 3. The number of ether oxygens (including phenoxy) is 2. The van der Waals surface area contributed by atoms with Crippen LogP contribution < -0.4 is 20.7 Å². The summed E-state index contributed by atoms with van der Waals surface area (Å²) in [7, 11) is 3.21. The fraction of sp³-hybridized carbons (Fsp3) is 0.182. The standard InChI is InChI=1S/C11H13N3O2/c1-15-8-3-4-9(16-2)11-10(8)7(14-12)5-6-13-11/h3-6H,12H2,1-2H3,(H,13,14). The number of aromatic nitrogens is 1. The zero-order valence-corrected chi connectivity index (χ0v) is 9.15. The third-order valence-electron chi connectivity index (χ3n) is 2.41. The SMILES string of the molecule is COc1ccc(OC)c2c(NN)ccnc12. The molecule has 16 heavy (non-hydrogen) atoms. The number of nitrogens with zero attached hydrogens (tertiary/aromatic N) is 1. The second-order valence-corrected chi connectivity index (χ2v) is 3.20. The van der Waals surface area contributed by atoms with Crippen LogP contribution in [0.25, 0.3) is 10.9 Å². The summed E-state index contributed by atoms with van der Waals surface area (Å²) in [5, 5.41) is 0.812. The molecular weight excluding hydrogens is 206 g/mol. The lowest BCUT2D eigenvalue weighted by molar-refractivity contribution is 0.410. The van der Waals surface area contributed by atoms with Crippen LogP contribution in [0, 0.1) is 0 Å². The highest BCUT2D eigenvalue weighted by Crippen LogP contribution is 2.35. The molecule has 0 aliphatic carbocycles.